The molecule has 2 nitrogen and oxygen atoms in total. The summed E-state index contributed by atoms with van der Waals surface area (Å²) in [6, 6.07) is 0. The van der Waals surface area contributed by atoms with Crippen LogP contribution in [0.25, 0.3) is 0 Å². The molecule has 2 heteroatoms. The summed E-state index contributed by atoms with van der Waals surface area (Å²) < 4.78 is 5.65. The number of hydrogen-bond donors (Lipinski definition) is 0. The van der Waals surface area contributed by atoms with Gasteiger partial charge in [0.05, 0.1) is 6.10 Å². The maximum Gasteiger partial charge on any atom is 0.126 e. The highest BCUT2D eigenvalue weighted by Crippen LogP contribution is 2.44. The van der Waals surface area contributed by atoms with E-state index in [0.29, 0.717) is 6.10 Å². The van der Waals surface area contributed by atoms with Crippen LogP contribution in [0.4, 0.5) is 0 Å². The summed E-state index contributed by atoms with van der Waals surface area (Å²) in [5, 5.41) is 0. The van der Waals surface area contributed by atoms with E-state index in [9.17, 15) is 4.79 Å². The second-order valence-electron chi connectivity index (χ2n) is 4.53. The summed E-state index contributed by atoms with van der Waals surface area (Å²) in [7, 11) is 0. The second kappa shape index (κ2) is 3.79. The lowest BCUT2D eigenvalue weighted by Crippen LogP contribution is -2.36. The van der Waals surface area contributed by atoms with Crippen LogP contribution in [0.1, 0.15) is 44.9 Å². The van der Waals surface area contributed by atoms with Crippen LogP contribution in [0.5, 0.6) is 0 Å². The zero-order valence-electron chi connectivity index (χ0n) is 8.13. The fourth-order valence-electron chi connectivity index (χ4n) is 2.42. The fraction of sp³-hybridized carbons (Fsp3) is 0.909. The lowest BCUT2D eigenvalue weighted by molar-refractivity contribution is -0.125. The van der Waals surface area contributed by atoms with E-state index in [2.05, 4.69) is 0 Å². The molecule has 1 unspecified atom stereocenters. The Morgan fingerprint density at radius 2 is 2.15 bits per heavy atom. The van der Waals surface area contributed by atoms with E-state index in [1.54, 1.807) is 0 Å². The molecular formula is C11H18O2. The van der Waals surface area contributed by atoms with E-state index < -0.39 is 0 Å². The Bertz CT molecular complexity index is 179. The molecule has 1 heterocycles. The van der Waals surface area contributed by atoms with Gasteiger partial charge in [-0.05, 0) is 38.5 Å². The zero-order valence-corrected chi connectivity index (χ0v) is 8.13. The molecule has 1 saturated heterocycles. The van der Waals surface area contributed by atoms with Crippen LogP contribution in [-0.2, 0) is 9.53 Å². The van der Waals surface area contributed by atoms with Crippen LogP contribution < -0.4 is 0 Å². The first kappa shape index (κ1) is 9.20. The maximum atomic E-state index is 10.9. The van der Waals surface area contributed by atoms with Crippen LogP contribution in [0.15, 0.2) is 0 Å². The molecule has 0 bridgehead atoms. The van der Waals surface area contributed by atoms with Gasteiger partial charge in [0.2, 0.25) is 0 Å². The predicted molar refractivity (Wildman–Crippen MR) is 50.6 cm³/mol. The maximum absolute atomic E-state index is 10.9. The first-order valence-corrected chi connectivity index (χ1v) is 5.43. The number of rotatable bonds is 3. The van der Waals surface area contributed by atoms with Crippen molar-refractivity contribution >= 4 is 6.29 Å². The minimum absolute atomic E-state index is 0.0159. The Morgan fingerprint density at radius 3 is 2.62 bits per heavy atom. The van der Waals surface area contributed by atoms with Crippen LogP contribution in [0, 0.1) is 5.41 Å². The van der Waals surface area contributed by atoms with E-state index in [-0.39, 0.29) is 5.41 Å². The van der Waals surface area contributed by atoms with Crippen LogP contribution >= 0.6 is 0 Å². The van der Waals surface area contributed by atoms with Gasteiger partial charge >= 0.3 is 0 Å². The summed E-state index contributed by atoms with van der Waals surface area (Å²) in [4.78, 5) is 10.9. The van der Waals surface area contributed by atoms with Gasteiger partial charge in [-0.1, -0.05) is 6.42 Å². The van der Waals surface area contributed by atoms with Crippen LogP contribution in [-0.4, -0.2) is 19.0 Å². The zero-order chi connectivity index (χ0) is 9.15. The number of aldehydes is 1. The van der Waals surface area contributed by atoms with Crippen molar-refractivity contribution in [3.63, 3.8) is 0 Å². The molecule has 0 amide bonds. The normalized spacial score (nSPS) is 32.2. The molecule has 0 N–H and O–H groups in total. The first-order valence-electron chi connectivity index (χ1n) is 5.43. The topological polar surface area (TPSA) is 26.3 Å². The molecule has 1 aliphatic heterocycles. The van der Waals surface area contributed by atoms with E-state index in [0.717, 1.165) is 32.3 Å². The molecule has 0 spiro atoms. The van der Waals surface area contributed by atoms with Gasteiger partial charge in [-0.2, -0.15) is 0 Å². The minimum atomic E-state index is 0.0159. The van der Waals surface area contributed by atoms with Gasteiger partial charge in [0, 0.05) is 12.0 Å². The molecule has 2 fully saturated rings. The van der Waals surface area contributed by atoms with Gasteiger partial charge in [-0.3, -0.25) is 0 Å². The number of ether oxygens (including phenoxy) is 1. The van der Waals surface area contributed by atoms with Crippen LogP contribution in [0.3, 0.4) is 0 Å². The molecule has 1 atom stereocenters. The highest BCUT2D eigenvalue weighted by atomic mass is 16.5. The second-order valence-corrected chi connectivity index (χ2v) is 4.53. The van der Waals surface area contributed by atoms with Crippen molar-refractivity contribution in [2.24, 2.45) is 5.41 Å². The van der Waals surface area contributed by atoms with Crippen molar-refractivity contribution < 1.29 is 9.53 Å². The monoisotopic (exact) mass is 182 g/mol. The molecule has 2 aliphatic rings. The van der Waals surface area contributed by atoms with Crippen molar-refractivity contribution in [3.05, 3.63) is 0 Å². The quantitative estimate of drug-likeness (QED) is 0.626. The van der Waals surface area contributed by atoms with E-state index in [1.165, 1.54) is 25.5 Å². The molecular weight excluding hydrogens is 164 g/mol. The average molecular weight is 182 g/mol. The first-order chi connectivity index (χ1) is 6.35. The molecule has 0 aromatic carbocycles. The van der Waals surface area contributed by atoms with E-state index >= 15 is 0 Å². The summed E-state index contributed by atoms with van der Waals surface area (Å²) in [6.45, 7) is 0.902. The summed E-state index contributed by atoms with van der Waals surface area (Å²) >= 11 is 0. The largest absolute Gasteiger partial charge is 0.378 e. The van der Waals surface area contributed by atoms with Crippen molar-refractivity contribution in [2.75, 3.05) is 6.61 Å². The van der Waals surface area contributed by atoms with Crippen molar-refractivity contribution in [1.82, 2.24) is 0 Å². The van der Waals surface area contributed by atoms with Crippen LogP contribution in [0.2, 0.25) is 0 Å². The van der Waals surface area contributed by atoms with Crippen molar-refractivity contribution in [2.45, 2.75) is 51.0 Å². The molecule has 1 saturated carbocycles. The third-order valence-electron chi connectivity index (χ3n) is 3.51. The Morgan fingerprint density at radius 1 is 1.31 bits per heavy atom. The predicted octanol–water partition coefficient (Wildman–Crippen LogP) is 2.31. The van der Waals surface area contributed by atoms with Gasteiger partial charge in [0.25, 0.3) is 0 Å². The third-order valence-corrected chi connectivity index (χ3v) is 3.51. The van der Waals surface area contributed by atoms with Gasteiger partial charge in [-0.25, -0.2) is 0 Å². The Kier molecular flexibility index (Phi) is 2.68. The van der Waals surface area contributed by atoms with E-state index in [1.807, 2.05) is 0 Å². The van der Waals surface area contributed by atoms with Gasteiger partial charge < -0.3 is 9.53 Å². The SMILES string of the molecule is O=CC1(CC2CCCCO2)CCC1. The number of carbonyl (C=O) groups excluding carboxylic acids is 1. The molecule has 1 aliphatic carbocycles. The Balaban J connectivity index is 1.84. The summed E-state index contributed by atoms with van der Waals surface area (Å²) in [6.07, 6.45) is 9.59. The highest BCUT2D eigenvalue weighted by Gasteiger charge is 2.39. The lowest BCUT2D eigenvalue weighted by Gasteiger charge is -2.40. The molecule has 0 radical (unpaired) electrons. The standard InChI is InChI=1S/C11H18O2/c12-9-11(5-3-6-11)8-10-4-1-2-7-13-10/h9-10H,1-8H2. The molecule has 74 valence electrons. The smallest absolute Gasteiger partial charge is 0.126 e. The lowest BCUT2D eigenvalue weighted by atomic mass is 9.66. The number of hydrogen-bond acceptors (Lipinski definition) is 2. The Hall–Kier alpha value is -0.370. The van der Waals surface area contributed by atoms with Gasteiger partial charge in [0.1, 0.15) is 6.29 Å². The fourth-order valence-corrected chi connectivity index (χ4v) is 2.42. The molecule has 2 rings (SSSR count). The average Bonchev–Trinajstić information content (AvgIpc) is 2.13. The van der Waals surface area contributed by atoms with Gasteiger partial charge in [0.15, 0.2) is 0 Å². The third kappa shape index (κ3) is 1.93. The van der Waals surface area contributed by atoms with Crippen molar-refractivity contribution in [1.29, 1.82) is 0 Å². The molecule has 13 heavy (non-hydrogen) atoms. The summed E-state index contributed by atoms with van der Waals surface area (Å²) in [5.41, 5.74) is 0.0159. The van der Waals surface area contributed by atoms with Crippen molar-refractivity contribution in [3.8, 4) is 0 Å². The molecule has 0 aromatic heterocycles. The number of carbonyl (C=O) groups is 1. The minimum Gasteiger partial charge on any atom is -0.378 e. The summed E-state index contributed by atoms with van der Waals surface area (Å²) in [5.74, 6) is 0. The van der Waals surface area contributed by atoms with E-state index in [4.69, 9.17) is 4.74 Å². The molecule has 0 aromatic rings. The Labute approximate surface area is 79.7 Å². The highest BCUT2D eigenvalue weighted by molar-refractivity contribution is 5.60. The van der Waals surface area contributed by atoms with Gasteiger partial charge in [-0.15, -0.1) is 0 Å².